The van der Waals surface area contributed by atoms with Crippen LogP contribution in [0.25, 0.3) is 0 Å². The minimum atomic E-state index is -0.713. The van der Waals surface area contributed by atoms with Gasteiger partial charge in [-0.15, -0.1) is 0 Å². The molecule has 1 unspecified atom stereocenters. The molecule has 0 spiro atoms. The first-order valence-corrected chi connectivity index (χ1v) is 7.29. The molecule has 1 aromatic carbocycles. The van der Waals surface area contributed by atoms with Gasteiger partial charge >= 0.3 is 0 Å². The lowest BCUT2D eigenvalue weighted by atomic mass is 9.99. The SMILES string of the molecule is CCCNC(C)(CN(CC)c1cccc(C)c1)C(N)=O. The van der Waals surface area contributed by atoms with Gasteiger partial charge in [0.15, 0.2) is 0 Å². The minimum Gasteiger partial charge on any atom is -0.369 e. The van der Waals surface area contributed by atoms with E-state index in [2.05, 4.69) is 49.2 Å². The summed E-state index contributed by atoms with van der Waals surface area (Å²) in [6.45, 7) is 10.3. The molecule has 3 N–H and O–H groups in total. The fraction of sp³-hybridized carbons (Fsp3) is 0.562. The molecule has 20 heavy (non-hydrogen) atoms. The number of hydrogen-bond donors (Lipinski definition) is 2. The number of aryl methyl sites for hydroxylation is 1. The van der Waals surface area contributed by atoms with Crippen molar-refractivity contribution in [2.24, 2.45) is 5.73 Å². The molecular formula is C16H27N3O. The Balaban J connectivity index is 2.91. The Morgan fingerprint density at radius 1 is 1.40 bits per heavy atom. The van der Waals surface area contributed by atoms with Gasteiger partial charge < -0.3 is 16.0 Å². The van der Waals surface area contributed by atoms with E-state index in [1.807, 2.05) is 13.0 Å². The van der Waals surface area contributed by atoms with Crippen LogP contribution >= 0.6 is 0 Å². The molecule has 4 heteroatoms. The number of primary amides is 1. The summed E-state index contributed by atoms with van der Waals surface area (Å²) in [7, 11) is 0. The number of carbonyl (C=O) groups is 1. The maximum absolute atomic E-state index is 11.8. The fourth-order valence-corrected chi connectivity index (χ4v) is 2.21. The predicted octanol–water partition coefficient (Wildman–Crippen LogP) is 2.06. The van der Waals surface area contributed by atoms with Crippen molar-refractivity contribution in [1.29, 1.82) is 0 Å². The van der Waals surface area contributed by atoms with Gasteiger partial charge in [-0.1, -0.05) is 19.1 Å². The highest BCUT2D eigenvalue weighted by molar-refractivity contribution is 5.85. The van der Waals surface area contributed by atoms with E-state index in [-0.39, 0.29) is 5.91 Å². The third-order valence-electron chi connectivity index (χ3n) is 3.56. The molecule has 1 aromatic rings. The van der Waals surface area contributed by atoms with Crippen molar-refractivity contribution >= 4 is 11.6 Å². The highest BCUT2D eigenvalue weighted by atomic mass is 16.1. The maximum Gasteiger partial charge on any atom is 0.239 e. The van der Waals surface area contributed by atoms with Crippen LogP contribution < -0.4 is 16.0 Å². The van der Waals surface area contributed by atoms with Crippen molar-refractivity contribution in [3.05, 3.63) is 29.8 Å². The maximum atomic E-state index is 11.8. The van der Waals surface area contributed by atoms with E-state index < -0.39 is 5.54 Å². The Kier molecular flexibility index (Phi) is 6.02. The van der Waals surface area contributed by atoms with E-state index in [1.54, 1.807) is 0 Å². The van der Waals surface area contributed by atoms with Gasteiger partial charge in [0.1, 0.15) is 5.54 Å². The van der Waals surface area contributed by atoms with Gasteiger partial charge in [0, 0.05) is 18.8 Å². The lowest BCUT2D eigenvalue weighted by molar-refractivity contribution is -0.123. The summed E-state index contributed by atoms with van der Waals surface area (Å²) in [6, 6.07) is 8.30. The first-order valence-electron chi connectivity index (χ1n) is 7.29. The Morgan fingerprint density at radius 2 is 2.10 bits per heavy atom. The average Bonchev–Trinajstić information content (AvgIpc) is 2.42. The van der Waals surface area contributed by atoms with Gasteiger partial charge in [0.05, 0.1) is 0 Å². The second-order valence-corrected chi connectivity index (χ2v) is 5.48. The first-order chi connectivity index (χ1) is 9.42. The monoisotopic (exact) mass is 277 g/mol. The van der Waals surface area contributed by atoms with Gasteiger partial charge in [-0.25, -0.2) is 0 Å². The van der Waals surface area contributed by atoms with Gasteiger partial charge in [0.25, 0.3) is 0 Å². The molecule has 1 amide bonds. The molecule has 0 saturated heterocycles. The van der Waals surface area contributed by atoms with E-state index in [9.17, 15) is 4.79 Å². The molecule has 0 saturated carbocycles. The molecule has 0 aliphatic heterocycles. The summed E-state index contributed by atoms with van der Waals surface area (Å²) in [5.74, 6) is -0.308. The highest BCUT2D eigenvalue weighted by Crippen LogP contribution is 2.18. The number of amides is 1. The molecule has 0 aliphatic carbocycles. The van der Waals surface area contributed by atoms with Gasteiger partial charge in [-0.3, -0.25) is 4.79 Å². The quantitative estimate of drug-likeness (QED) is 0.765. The standard InChI is InChI=1S/C16H27N3O/c1-5-10-18-16(4,15(17)20)12-19(6-2)14-9-7-8-13(3)11-14/h7-9,11,18H,5-6,10,12H2,1-4H3,(H2,17,20). The fourth-order valence-electron chi connectivity index (χ4n) is 2.21. The van der Waals surface area contributed by atoms with Crippen molar-refractivity contribution in [3.8, 4) is 0 Å². The van der Waals surface area contributed by atoms with Crippen LogP contribution in [0.1, 0.15) is 32.8 Å². The van der Waals surface area contributed by atoms with Crippen molar-refractivity contribution < 1.29 is 4.79 Å². The number of benzene rings is 1. The largest absolute Gasteiger partial charge is 0.369 e. The average molecular weight is 277 g/mol. The van der Waals surface area contributed by atoms with E-state index in [1.165, 1.54) is 5.56 Å². The van der Waals surface area contributed by atoms with Crippen LogP contribution in [-0.2, 0) is 4.79 Å². The number of likely N-dealkylation sites (N-methyl/N-ethyl adjacent to an activating group) is 1. The molecule has 1 atom stereocenters. The van der Waals surface area contributed by atoms with Crippen molar-refractivity contribution in [1.82, 2.24) is 5.32 Å². The number of carbonyl (C=O) groups excluding carboxylic acids is 1. The summed E-state index contributed by atoms with van der Waals surface area (Å²) in [4.78, 5) is 14.0. The van der Waals surface area contributed by atoms with Crippen molar-refractivity contribution in [3.63, 3.8) is 0 Å². The predicted molar refractivity (Wildman–Crippen MR) is 85.0 cm³/mol. The van der Waals surface area contributed by atoms with Crippen molar-refractivity contribution in [2.75, 3.05) is 24.5 Å². The molecule has 0 bridgehead atoms. The topological polar surface area (TPSA) is 58.4 Å². The number of rotatable bonds is 8. The zero-order chi connectivity index (χ0) is 15.2. The smallest absolute Gasteiger partial charge is 0.239 e. The van der Waals surface area contributed by atoms with E-state index in [0.717, 1.165) is 25.2 Å². The van der Waals surface area contributed by atoms with Crippen LogP contribution in [0.5, 0.6) is 0 Å². The molecule has 0 aromatic heterocycles. The lowest BCUT2D eigenvalue weighted by Crippen LogP contribution is -2.60. The zero-order valence-electron chi connectivity index (χ0n) is 13.1. The van der Waals surface area contributed by atoms with Crippen LogP contribution in [0.2, 0.25) is 0 Å². The van der Waals surface area contributed by atoms with Crippen LogP contribution in [0.4, 0.5) is 5.69 Å². The molecule has 4 nitrogen and oxygen atoms in total. The zero-order valence-corrected chi connectivity index (χ0v) is 13.1. The summed E-state index contributed by atoms with van der Waals surface area (Å²) in [5.41, 5.74) is 7.22. The number of nitrogens with zero attached hydrogens (tertiary/aromatic N) is 1. The number of hydrogen-bond acceptors (Lipinski definition) is 3. The molecule has 0 fully saturated rings. The number of anilines is 1. The third kappa shape index (κ3) is 4.23. The molecule has 112 valence electrons. The first kappa shape index (κ1) is 16.5. The minimum absolute atomic E-state index is 0.308. The molecular weight excluding hydrogens is 250 g/mol. The Labute approximate surface area is 122 Å². The van der Waals surface area contributed by atoms with Crippen molar-refractivity contribution in [2.45, 2.75) is 39.7 Å². The molecule has 0 heterocycles. The summed E-state index contributed by atoms with van der Waals surface area (Å²) in [5, 5.41) is 3.28. The van der Waals surface area contributed by atoms with E-state index in [4.69, 9.17) is 5.73 Å². The Hall–Kier alpha value is -1.55. The molecule has 0 radical (unpaired) electrons. The second-order valence-electron chi connectivity index (χ2n) is 5.48. The highest BCUT2D eigenvalue weighted by Gasteiger charge is 2.32. The van der Waals surface area contributed by atoms with Crippen LogP contribution in [0.15, 0.2) is 24.3 Å². The van der Waals surface area contributed by atoms with Gasteiger partial charge in [-0.2, -0.15) is 0 Å². The van der Waals surface area contributed by atoms with Gasteiger partial charge in [-0.05, 0) is 51.4 Å². The van der Waals surface area contributed by atoms with Crippen LogP contribution in [-0.4, -0.2) is 31.1 Å². The van der Waals surface area contributed by atoms with Crippen LogP contribution in [0, 0.1) is 6.92 Å². The second kappa shape index (κ2) is 7.29. The Bertz CT molecular complexity index is 447. The summed E-state index contributed by atoms with van der Waals surface area (Å²) in [6.07, 6.45) is 0.972. The molecule has 1 rings (SSSR count). The lowest BCUT2D eigenvalue weighted by Gasteiger charge is -2.35. The van der Waals surface area contributed by atoms with E-state index in [0.29, 0.717) is 6.54 Å². The normalized spacial score (nSPS) is 13.8. The number of nitrogens with one attached hydrogen (secondary N) is 1. The number of nitrogens with two attached hydrogens (primary N) is 1. The third-order valence-corrected chi connectivity index (χ3v) is 3.56. The van der Waals surface area contributed by atoms with E-state index >= 15 is 0 Å². The van der Waals surface area contributed by atoms with Gasteiger partial charge in [0.2, 0.25) is 5.91 Å². The molecule has 0 aliphatic rings. The summed E-state index contributed by atoms with van der Waals surface area (Å²) < 4.78 is 0. The van der Waals surface area contributed by atoms with Crippen LogP contribution in [0.3, 0.4) is 0 Å². The Morgan fingerprint density at radius 3 is 2.60 bits per heavy atom. The summed E-state index contributed by atoms with van der Waals surface area (Å²) >= 11 is 0.